The van der Waals surface area contributed by atoms with Crippen LogP contribution in [0.4, 0.5) is 26.3 Å². The third kappa shape index (κ3) is 4.79. The summed E-state index contributed by atoms with van der Waals surface area (Å²) in [6.45, 7) is -0.527. The maximum absolute atomic E-state index is 12.9. The normalized spacial score (nSPS) is 12.1. The zero-order valence-corrected chi connectivity index (χ0v) is 14.6. The molecule has 1 heterocycles. The minimum Gasteiger partial charge on any atom is -0.496 e. The predicted molar refractivity (Wildman–Crippen MR) is 87.1 cm³/mol. The molecule has 0 radical (unpaired) electrons. The fourth-order valence-electron chi connectivity index (χ4n) is 2.41. The molecule has 0 N–H and O–H groups in total. The number of methoxy groups -OCH3 is 1. The van der Waals surface area contributed by atoms with Crippen LogP contribution in [0.5, 0.6) is 11.5 Å². The minimum atomic E-state index is -4.97. The summed E-state index contributed by atoms with van der Waals surface area (Å²) in [5, 5.41) is 3.71. The molecular weight excluding hydrogens is 406 g/mol. The van der Waals surface area contributed by atoms with E-state index in [1.165, 1.54) is 7.11 Å². The number of aromatic nitrogens is 2. The van der Waals surface area contributed by atoms with Crippen molar-refractivity contribution in [2.75, 3.05) is 7.11 Å². The number of alkyl halides is 6. The van der Waals surface area contributed by atoms with Crippen molar-refractivity contribution in [1.82, 2.24) is 10.1 Å². The van der Waals surface area contributed by atoms with E-state index in [1.807, 2.05) is 0 Å². The van der Waals surface area contributed by atoms with E-state index in [0.717, 1.165) is 0 Å². The fourth-order valence-corrected chi connectivity index (χ4v) is 2.41. The molecule has 154 valence electrons. The second-order valence-electron chi connectivity index (χ2n) is 5.74. The van der Waals surface area contributed by atoms with Gasteiger partial charge in [-0.1, -0.05) is 17.3 Å². The molecule has 0 aliphatic heterocycles. The minimum absolute atomic E-state index is 0.0132. The molecule has 0 aliphatic carbocycles. The third-order valence-electron chi connectivity index (χ3n) is 3.74. The number of hydrogen-bond acceptors (Lipinski definition) is 5. The number of rotatable bonds is 5. The average molecular weight is 418 g/mol. The molecule has 2 aromatic carbocycles. The van der Waals surface area contributed by atoms with Crippen molar-refractivity contribution in [2.45, 2.75) is 19.0 Å². The average Bonchev–Trinajstić information content (AvgIpc) is 3.13. The number of para-hydroxylation sites is 1. The van der Waals surface area contributed by atoms with Crippen LogP contribution in [0, 0.1) is 0 Å². The summed E-state index contributed by atoms with van der Waals surface area (Å²) in [7, 11) is 1.44. The largest absolute Gasteiger partial charge is 0.496 e. The fraction of sp³-hybridized carbons (Fsp3) is 0.222. The lowest BCUT2D eigenvalue weighted by Crippen LogP contribution is -2.11. The van der Waals surface area contributed by atoms with E-state index in [0.29, 0.717) is 23.4 Å². The summed E-state index contributed by atoms with van der Waals surface area (Å²) in [6.07, 6.45) is -9.94. The van der Waals surface area contributed by atoms with Crippen LogP contribution in [0.1, 0.15) is 17.0 Å². The van der Waals surface area contributed by atoms with Gasteiger partial charge in [0.2, 0.25) is 5.82 Å². The molecule has 0 saturated heterocycles. The molecule has 0 spiro atoms. The van der Waals surface area contributed by atoms with Crippen LogP contribution in [-0.4, -0.2) is 17.3 Å². The molecule has 5 nitrogen and oxygen atoms in total. The van der Waals surface area contributed by atoms with Crippen LogP contribution in [-0.2, 0) is 19.0 Å². The van der Waals surface area contributed by atoms with Gasteiger partial charge in [-0.3, -0.25) is 0 Å². The van der Waals surface area contributed by atoms with Gasteiger partial charge in [-0.25, -0.2) is 0 Å². The lowest BCUT2D eigenvalue weighted by Gasteiger charge is -2.14. The van der Waals surface area contributed by atoms with E-state index < -0.39 is 35.8 Å². The Labute approximate surface area is 159 Å². The highest BCUT2D eigenvalue weighted by molar-refractivity contribution is 5.63. The van der Waals surface area contributed by atoms with Crippen LogP contribution < -0.4 is 9.47 Å². The molecule has 1 aromatic heterocycles. The molecule has 0 fully saturated rings. The quantitative estimate of drug-likeness (QED) is 0.522. The van der Waals surface area contributed by atoms with Crippen molar-refractivity contribution in [2.24, 2.45) is 0 Å². The van der Waals surface area contributed by atoms with Crippen molar-refractivity contribution in [3.05, 3.63) is 59.5 Å². The molecule has 0 aliphatic rings. The van der Waals surface area contributed by atoms with E-state index in [4.69, 9.17) is 14.0 Å². The van der Waals surface area contributed by atoms with Gasteiger partial charge in [0.15, 0.2) is 6.61 Å². The van der Waals surface area contributed by atoms with Gasteiger partial charge in [0.1, 0.15) is 11.5 Å². The third-order valence-corrected chi connectivity index (χ3v) is 3.74. The van der Waals surface area contributed by atoms with Gasteiger partial charge in [0.25, 0.3) is 5.89 Å². The maximum Gasteiger partial charge on any atom is 0.416 e. The molecular formula is C18H12F6N2O3. The van der Waals surface area contributed by atoms with E-state index in [1.54, 1.807) is 24.3 Å². The number of nitrogens with zero attached hydrogens (tertiary/aromatic N) is 2. The van der Waals surface area contributed by atoms with Crippen LogP contribution in [0.15, 0.2) is 47.0 Å². The lowest BCUT2D eigenvalue weighted by atomic mass is 10.1. The highest BCUT2D eigenvalue weighted by Gasteiger charge is 2.37. The van der Waals surface area contributed by atoms with Gasteiger partial charge in [0.05, 0.1) is 23.8 Å². The smallest absolute Gasteiger partial charge is 0.416 e. The molecule has 11 heteroatoms. The zero-order chi connectivity index (χ0) is 21.2. The van der Waals surface area contributed by atoms with Gasteiger partial charge < -0.3 is 14.0 Å². The number of benzene rings is 2. The Morgan fingerprint density at radius 1 is 0.931 bits per heavy atom. The first-order chi connectivity index (χ1) is 13.6. The molecule has 0 bridgehead atoms. The van der Waals surface area contributed by atoms with Gasteiger partial charge in [-0.15, -0.1) is 0 Å². The van der Waals surface area contributed by atoms with E-state index >= 15 is 0 Å². The second-order valence-corrected chi connectivity index (χ2v) is 5.74. The van der Waals surface area contributed by atoms with Crippen molar-refractivity contribution >= 4 is 0 Å². The molecule has 29 heavy (non-hydrogen) atoms. The van der Waals surface area contributed by atoms with Crippen LogP contribution in [0.25, 0.3) is 11.4 Å². The molecule has 3 rings (SSSR count). The summed E-state index contributed by atoms with van der Waals surface area (Å²) in [5.41, 5.74) is -2.48. The van der Waals surface area contributed by atoms with Crippen molar-refractivity contribution < 1.29 is 40.3 Å². The molecule has 0 unspecified atom stereocenters. The van der Waals surface area contributed by atoms with Gasteiger partial charge in [-0.2, -0.15) is 31.3 Å². The van der Waals surface area contributed by atoms with Gasteiger partial charge in [-0.05, 0) is 30.3 Å². The van der Waals surface area contributed by atoms with Crippen LogP contribution in [0.3, 0.4) is 0 Å². The van der Waals surface area contributed by atoms with Crippen molar-refractivity contribution in [1.29, 1.82) is 0 Å². The first-order valence-corrected chi connectivity index (χ1v) is 7.96. The Hall–Kier alpha value is -3.24. The molecule has 0 saturated carbocycles. The zero-order valence-electron chi connectivity index (χ0n) is 14.6. The van der Waals surface area contributed by atoms with Crippen molar-refractivity contribution in [3.8, 4) is 22.9 Å². The Morgan fingerprint density at radius 2 is 1.55 bits per heavy atom. The van der Waals surface area contributed by atoms with Crippen LogP contribution >= 0.6 is 0 Å². The Morgan fingerprint density at radius 3 is 2.14 bits per heavy atom. The summed E-state index contributed by atoms with van der Waals surface area (Å²) in [4.78, 5) is 4.02. The molecule has 3 aromatic rings. The highest BCUT2D eigenvalue weighted by Crippen LogP contribution is 2.38. The Bertz CT molecular complexity index is 965. The standard InChI is InChI=1S/C18H12F6N2O3/c1-27-14-5-3-2-4-13(14)16-25-15(29-26-16)9-28-12-7-10(17(19,20)21)6-11(8-12)18(22,23)24/h2-8H,9H2,1H3. The summed E-state index contributed by atoms with van der Waals surface area (Å²) < 4.78 is 92.5. The lowest BCUT2D eigenvalue weighted by molar-refractivity contribution is -0.143. The summed E-state index contributed by atoms with van der Waals surface area (Å²) >= 11 is 0. The van der Waals surface area contributed by atoms with Crippen molar-refractivity contribution in [3.63, 3.8) is 0 Å². The Balaban J connectivity index is 1.82. The number of hydrogen-bond donors (Lipinski definition) is 0. The number of ether oxygens (including phenoxy) is 2. The molecule has 0 atom stereocenters. The van der Waals surface area contributed by atoms with Gasteiger partial charge >= 0.3 is 12.4 Å². The first kappa shape index (κ1) is 20.5. The monoisotopic (exact) mass is 418 g/mol. The SMILES string of the molecule is COc1ccccc1-c1noc(COc2cc(C(F)(F)F)cc(C(F)(F)F)c2)n1. The summed E-state index contributed by atoms with van der Waals surface area (Å²) in [6, 6.07) is 7.67. The molecule has 0 amide bonds. The van der Waals surface area contributed by atoms with Crippen LogP contribution in [0.2, 0.25) is 0 Å². The van der Waals surface area contributed by atoms with Gasteiger partial charge in [0, 0.05) is 0 Å². The first-order valence-electron chi connectivity index (χ1n) is 7.96. The second kappa shape index (κ2) is 7.64. The van der Waals surface area contributed by atoms with E-state index in [9.17, 15) is 26.3 Å². The topological polar surface area (TPSA) is 57.4 Å². The predicted octanol–water partition coefficient (Wildman–Crippen LogP) is 5.36. The van der Waals surface area contributed by atoms with E-state index in [-0.39, 0.29) is 17.8 Å². The van der Waals surface area contributed by atoms with E-state index in [2.05, 4.69) is 10.1 Å². The number of halogens is 6. The maximum atomic E-state index is 12.9. The highest BCUT2D eigenvalue weighted by atomic mass is 19.4. The Kier molecular flexibility index (Phi) is 5.40. The summed E-state index contributed by atoms with van der Waals surface area (Å²) in [5.74, 6) is -0.199.